The van der Waals surface area contributed by atoms with Crippen LogP contribution in [-0.2, 0) is 4.79 Å². The molecule has 1 aliphatic rings. The van der Waals surface area contributed by atoms with Gasteiger partial charge in [0.05, 0.1) is 18.8 Å². The van der Waals surface area contributed by atoms with Crippen LogP contribution >= 0.6 is 0 Å². The zero-order valence-corrected chi connectivity index (χ0v) is 17.4. The summed E-state index contributed by atoms with van der Waals surface area (Å²) in [7, 11) is 0. The average molecular weight is 371 g/mol. The number of hydrogen-bond acceptors (Lipinski definition) is 4. The number of carbonyl (C=O) groups excluding carboxylic acids is 2. The van der Waals surface area contributed by atoms with Crippen LogP contribution in [0.1, 0.15) is 73.6 Å². The number of carbonyl (C=O) groups is 2. The fourth-order valence-corrected chi connectivity index (χ4v) is 3.66. The van der Waals surface area contributed by atoms with E-state index in [2.05, 4.69) is 20.8 Å². The second kappa shape index (κ2) is 9.70. The quantitative estimate of drug-likeness (QED) is 0.548. The van der Waals surface area contributed by atoms with Gasteiger partial charge >= 0.3 is 6.03 Å². The summed E-state index contributed by atoms with van der Waals surface area (Å²) in [6.45, 7) is 11.9. The third kappa shape index (κ3) is 5.68. The molecule has 1 fully saturated rings. The van der Waals surface area contributed by atoms with Crippen molar-refractivity contribution >= 4 is 11.9 Å². The van der Waals surface area contributed by atoms with Gasteiger partial charge in [0.1, 0.15) is 5.54 Å². The molecule has 1 heterocycles. The summed E-state index contributed by atoms with van der Waals surface area (Å²) in [5, 5.41) is 20.6. The van der Waals surface area contributed by atoms with Gasteiger partial charge in [-0.05, 0) is 38.5 Å². The predicted octanol–water partition coefficient (Wildman–Crippen LogP) is 3.01. The van der Waals surface area contributed by atoms with Crippen LogP contribution in [0.5, 0.6) is 0 Å². The molecule has 4 unspecified atom stereocenters. The molecule has 2 N–H and O–H groups in total. The highest BCUT2D eigenvalue weighted by molar-refractivity contribution is 6.06. The molecule has 0 spiro atoms. The first-order chi connectivity index (χ1) is 12.0. The fraction of sp³-hybridized carbons (Fsp3) is 0.900. The number of nitrogens with zero attached hydrogens (tertiary/aromatic N) is 2. The molecule has 0 radical (unpaired) electrons. The van der Waals surface area contributed by atoms with Crippen LogP contribution < -0.4 is 0 Å². The molecule has 0 aromatic carbocycles. The Balaban J connectivity index is 2.76. The second-order valence-electron chi connectivity index (χ2n) is 8.55. The van der Waals surface area contributed by atoms with Crippen LogP contribution in [0.3, 0.4) is 0 Å². The topological polar surface area (TPSA) is 81.1 Å². The molecule has 1 saturated heterocycles. The summed E-state index contributed by atoms with van der Waals surface area (Å²) >= 11 is 0. The second-order valence-corrected chi connectivity index (χ2v) is 8.55. The van der Waals surface area contributed by atoms with Crippen LogP contribution in [0.4, 0.5) is 4.79 Å². The Kier molecular flexibility index (Phi) is 8.54. The van der Waals surface area contributed by atoms with Crippen molar-refractivity contribution in [3.05, 3.63) is 0 Å². The molecule has 26 heavy (non-hydrogen) atoms. The summed E-state index contributed by atoms with van der Waals surface area (Å²) < 4.78 is 0. The summed E-state index contributed by atoms with van der Waals surface area (Å²) in [4.78, 5) is 28.1. The van der Waals surface area contributed by atoms with Crippen LogP contribution in [-0.4, -0.2) is 62.8 Å². The molecule has 3 amide bonds. The Labute approximate surface area is 158 Å². The highest BCUT2D eigenvalue weighted by Gasteiger charge is 2.51. The number of urea groups is 1. The number of aliphatic hydroxyl groups is 2. The lowest BCUT2D eigenvalue weighted by Crippen LogP contribution is -2.47. The standard InChI is InChI=1S/C20H38N2O4/c1-7-9-15(4)11-17(24)13-22-19(26)21(18(25)20(22,5)6)12-16(23)10-14(3)8-2/h14-17,23-24H,7-13H2,1-6H3. The van der Waals surface area contributed by atoms with E-state index in [0.717, 1.165) is 24.2 Å². The molecule has 0 aromatic rings. The maximum Gasteiger partial charge on any atom is 0.327 e. The van der Waals surface area contributed by atoms with Crippen molar-refractivity contribution < 1.29 is 19.8 Å². The first-order valence-electron chi connectivity index (χ1n) is 10.0. The number of imide groups is 1. The van der Waals surface area contributed by atoms with Gasteiger partial charge in [-0.1, -0.05) is 47.0 Å². The lowest BCUT2D eigenvalue weighted by molar-refractivity contribution is -0.133. The average Bonchev–Trinajstić information content (AvgIpc) is 2.69. The summed E-state index contributed by atoms with van der Waals surface area (Å²) in [5.74, 6) is 0.406. The van der Waals surface area contributed by atoms with Gasteiger partial charge in [-0.25, -0.2) is 4.79 Å². The number of hydrogen-bond donors (Lipinski definition) is 2. The predicted molar refractivity (Wildman–Crippen MR) is 103 cm³/mol. The van der Waals surface area contributed by atoms with Crippen molar-refractivity contribution in [1.29, 1.82) is 0 Å². The number of rotatable bonds is 11. The minimum atomic E-state index is -0.998. The molecule has 0 aliphatic carbocycles. The Hall–Kier alpha value is -1.14. The first-order valence-corrected chi connectivity index (χ1v) is 10.0. The van der Waals surface area contributed by atoms with Gasteiger partial charge in [-0.3, -0.25) is 9.69 Å². The summed E-state index contributed by atoms with van der Waals surface area (Å²) in [5.41, 5.74) is -0.998. The van der Waals surface area contributed by atoms with Gasteiger partial charge in [0.2, 0.25) is 0 Å². The molecule has 152 valence electrons. The lowest BCUT2D eigenvalue weighted by atomic mass is 9.97. The van der Waals surface area contributed by atoms with E-state index in [0.29, 0.717) is 24.7 Å². The van der Waals surface area contributed by atoms with Crippen LogP contribution in [0.25, 0.3) is 0 Å². The van der Waals surface area contributed by atoms with Crippen LogP contribution in [0.15, 0.2) is 0 Å². The van der Waals surface area contributed by atoms with Gasteiger partial charge in [-0.15, -0.1) is 0 Å². The molecule has 4 atom stereocenters. The number of aliphatic hydroxyl groups excluding tert-OH is 2. The zero-order valence-electron chi connectivity index (χ0n) is 17.4. The van der Waals surface area contributed by atoms with E-state index in [-0.39, 0.29) is 19.0 Å². The van der Waals surface area contributed by atoms with Gasteiger partial charge in [-0.2, -0.15) is 0 Å². The number of β-amino-alcohol motifs (C(OH)–C–C–N with tert-alkyl or cyclic N) is 2. The monoisotopic (exact) mass is 370 g/mol. The zero-order chi connectivity index (χ0) is 20.1. The van der Waals surface area contributed by atoms with E-state index < -0.39 is 23.8 Å². The van der Waals surface area contributed by atoms with E-state index in [9.17, 15) is 19.8 Å². The van der Waals surface area contributed by atoms with Gasteiger partial charge in [0.25, 0.3) is 5.91 Å². The highest BCUT2D eigenvalue weighted by Crippen LogP contribution is 2.29. The third-order valence-corrected chi connectivity index (χ3v) is 5.52. The molecule has 0 aromatic heterocycles. The Morgan fingerprint density at radius 1 is 0.962 bits per heavy atom. The van der Waals surface area contributed by atoms with E-state index >= 15 is 0 Å². The maximum atomic E-state index is 12.8. The van der Waals surface area contributed by atoms with E-state index in [1.807, 2.05) is 6.92 Å². The molecule has 0 saturated carbocycles. The van der Waals surface area contributed by atoms with Gasteiger partial charge < -0.3 is 15.1 Å². The van der Waals surface area contributed by atoms with Crippen molar-refractivity contribution in [1.82, 2.24) is 9.80 Å². The van der Waals surface area contributed by atoms with Crippen molar-refractivity contribution in [3.8, 4) is 0 Å². The molecular formula is C20H38N2O4. The molecule has 6 heteroatoms. The molecule has 6 nitrogen and oxygen atoms in total. The fourth-order valence-electron chi connectivity index (χ4n) is 3.66. The van der Waals surface area contributed by atoms with Crippen LogP contribution in [0, 0.1) is 11.8 Å². The van der Waals surface area contributed by atoms with Crippen molar-refractivity contribution in [3.63, 3.8) is 0 Å². The molecule has 0 bridgehead atoms. The first kappa shape index (κ1) is 22.9. The minimum Gasteiger partial charge on any atom is -0.391 e. The molecule has 1 aliphatic heterocycles. The Morgan fingerprint density at radius 3 is 2.04 bits per heavy atom. The van der Waals surface area contributed by atoms with Crippen molar-refractivity contribution in [2.45, 2.75) is 91.4 Å². The van der Waals surface area contributed by atoms with E-state index in [1.165, 1.54) is 4.90 Å². The van der Waals surface area contributed by atoms with E-state index in [4.69, 9.17) is 0 Å². The normalized spacial score (nSPS) is 21.8. The summed E-state index contributed by atoms with van der Waals surface area (Å²) in [6, 6.07) is -0.412. The van der Waals surface area contributed by atoms with E-state index in [1.54, 1.807) is 13.8 Å². The molecular weight excluding hydrogens is 332 g/mol. The summed E-state index contributed by atoms with van der Waals surface area (Å²) in [6.07, 6.45) is 2.83. The highest BCUT2D eigenvalue weighted by atomic mass is 16.3. The smallest absolute Gasteiger partial charge is 0.327 e. The van der Waals surface area contributed by atoms with Gasteiger partial charge in [0, 0.05) is 6.54 Å². The Bertz CT molecular complexity index is 480. The minimum absolute atomic E-state index is 0.0181. The SMILES string of the molecule is CCCC(C)CC(O)CN1C(=O)N(CC(O)CC(C)CC)C(=O)C1(C)C. The van der Waals surface area contributed by atoms with Crippen molar-refractivity contribution in [2.24, 2.45) is 11.8 Å². The van der Waals surface area contributed by atoms with Crippen molar-refractivity contribution in [2.75, 3.05) is 13.1 Å². The third-order valence-electron chi connectivity index (χ3n) is 5.52. The van der Waals surface area contributed by atoms with Gasteiger partial charge in [0.15, 0.2) is 0 Å². The Morgan fingerprint density at radius 2 is 1.50 bits per heavy atom. The lowest BCUT2D eigenvalue weighted by Gasteiger charge is -2.30. The maximum absolute atomic E-state index is 12.8. The molecule has 1 rings (SSSR count). The largest absolute Gasteiger partial charge is 0.391 e. The van der Waals surface area contributed by atoms with Crippen LogP contribution in [0.2, 0.25) is 0 Å². The number of amides is 3.